The van der Waals surface area contributed by atoms with Gasteiger partial charge in [0.2, 0.25) is 0 Å². The van der Waals surface area contributed by atoms with E-state index in [2.05, 4.69) is 5.16 Å². The highest BCUT2D eigenvalue weighted by atomic mass is 16.4. The van der Waals surface area contributed by atoms with Gasteiger partial charge in [0.25, 0.3) is 0 Å². The number of ketones is 1. The number of rotatable bonds is 2. The minimum Gasteiger partial charge on any atom is -0.410 e. The topological polar surface area (TPSA) is 75.7 Å². The predicted octanol–water partition coefficient (Wildman–Crippen LogP) is 0.143. The summed E-state index contributed by atoms with van der Waals surface area (Å²) in [5.41, 5.74) is 4.61. The van der Waals surface area contributed by atoms with Gasteiger partial charge in [-0.25, -0.2) is 0 Å². The van der Waals surface area contributed by atoms with Crippen molar-refractivity contribution in [1.82, 2.24) is 0 Å². The molecule has 0 aromatic heterocycles. The second-order valence-electron chi connectivity index (χ2n) is 2.73. The minimum atomic E-state index is -0.861. The summed E-state index contributed by atoms with van der Waals surface area (Å²) in [5.74, 6) is -0.310. The van der Waals surface area contributed by atoms with Crippen LogP contribution in [0.5, 0.6) is 0 Å². The van der Waals surface area contributed by atoms with Gasteiger partial charge in [-0.1, -0.05) is 5.16 Å². The smallest absolute Gasteiger partial charge is 0.179 e. The average Bonchev–Trinajstić information content (AvgIpc) is 1.60. The molecule has 0 rings (SSSR count). The van der Waals surface area contributed by atoms with Gasteiger partial charge in [-0.15, -0.1) is 0 Å². The van der Waals surface area contributed by atoms with Crippen LogP contribution in [0.4, 0.5) is 0 Å². The summed E-state index contributed by atoms with van der Waals surface area (Å²) in [6.07, 6.45) is 0. The Bertz CT molecular complexity index is 167. The number of hydrogen-bond acceptors (Lipinski definition) is 4. The van der Waals surface area contributed by atoms with Crippen LogP contribution in [0.25, 0.3) is 0 Å². The number of nitrogens with zero attached hydrogens (tertiary/aromatic N) is 1. The Hall–Kier alpha value is -0.900. The summed E-state index contributed by atoms with van der Waals surface area (Å²) in [6.45, 7) is 4.51. The molecule has 0 fully saturated rings. The lowest BCUT2D eigenvalue weighted by Gasteiger charge is -2.16. The fourth-order valence-corrected chi connectivity index (χ4v) is 0.653. The van der Waals surface area contributed by atoms with Crippen LogP contribution in [-0.2, 0) is 4.79 Å². The summed E-state index contributed by atoms with van der Waals surface area (Å²) in [4.78, 5) is 10.7. The van der Waals surface area contributed by atoms with Crippen LogP contribution in [0, 0.1) is 0 Å². The lowest BCUT2D eigenvalue weighted by molar-refractivity contribution is -0.111. The van der Waals surface area contributed by atoms with Gasteiger partial charge in [-0.2, -0.15) is 0 Å². The molecule has 0 aromatic rings. The molecule has 0 radical (unpaired) electrons. The van der Waals surface area contributed by atoms with E-state index in [-0.39, 0.29) is 11.5 Å². The molecule has 0 amide bonds. The highest BCUT2D eigenvalue weighted by Gasteiger charge is 2.23. The first kappa shape index (κ1) is 9.10. The molecule has 0 heterocycles. The van der Waals surface area contributed by atoms with Crippen LogP contribution >= 0.6 is 0 Å². The zero-order chi connectivity index (χ0) is 8.36. The summed E-state index contributed by atoms with van der Waals surface area (Å²) >= 11 is 0. The first-order chi connectivity index (χ1) is 4.39. The Balaban J connectivity index is 4.56. The van der Waals surface area contributed by atoms with Gasteiger partial charge in [0.05, 0.1) is 5.54 Å². The van der Waals surface area contributed by atoms with Crippen molar-refractivity contribution in [1.29, 1.82) is 0 Å². The number of nitrogens with two attached hydrogens (primary N) is 1. The maximum atomic E-state index is 10.7. The van der Waals surface area contributed by atoms with Crippen molar-refractivity contribution in [2.75, 3.05) is 0 Å². The van der Waals surface area contributed by atoms with Gasteiger partial charge >= 0.3 is 0 Å². The van der Waals surface area contributed by atoms with Gasteiger partial charge in [0, 0.05) is 6.92 Å². The quantitative estimate of drug-likeness (QED) is 0.329. The molecule has 0 unspecified atom stereocenters. The third kappa shape index (κ3) is 2.14. The molecule has 58 valence electrons. The first-order valence-corrected chi connectivity index (χ1v) is 2.92. The molecule has 0 aliphatic rings. The van der Waals surface area contributed by atoms with E-state index in [4.69, 9.17) is 10.9 Å². The maximum absolute atomic E-state index is 10.7. The van der Waals surface area contributed by atoms with Gasteiger partial charge in [0.1, 0.15) is 5.71 Å². The minimum absolute atomic E-state index is 0.00694. The Kier molecular flexibility index (Phi) is 2.54. The van der Waals surface area contributed by atoms with Crippen LogP contribution in [0.1, 0.15) is 20.8 Å². The SMILES string of the molecule is CC(=O)/C(=N\O)C(C)(C)N. The molecule has 0 atom stereocenters. The largest absolute Gasteiger partial charge is 0.410 e. The molecule has 10 heavy (non-hydrogen) atoms. The molecule has 4 nitrogen and oxygen atoms in total. The van der Waals surface area contributed by atoms with E-state index in [9.17, 15) is 4.79 Å². The van der Waals surface area contributed by atoms with Crippen molar-refractivity contribution in [3.05, 3.63) is 0 Å². The van der Waals surface area contributed by atoms with E-state index in [1.54, 1.807) is 13.8 Å². The van der Waals surface area contributed by atoms with Crippen molar-refractivity contribution in [3.8, 4) is 0 Å². The zero-order valence-electron chi connectivity index (χ0n) is 6.38. The molecular weight excluding hydrogens is 132 g/mol. The van der Waals surface area contributed by atoms with Crippen molar-refractivity contribution in [3.63, 3.8) is 0 Å². The number of oxime groups is 1. The molecule has 0 saturated heterocycles. The molecule has 0 aliphatic carbocycles. The Morgan fingerprint density at radius 3 is 2.00 bits per heavy atom. The van der Waals surface area contributed by atoms with Crippen LogP contribution in [-0.4, -0.2) is 22.2 Å². The number of carbonyl (C=O) groups excluding carboxylic acids is 1. The zero-order valence-corrected chi connectivity index (χ0v) is 6.38. The van der Waals surface area contributed by atoms with E-state index in [1.165, 1.54) is 6.92 Å². The molecule has 0 spiro atoms. The third-order valence-electron chi connectivity index (χ3n) is 1.04. The van der Waals surface area contributed by atoms with Gasteiger partial charge in [-0.05, 0) is 13.8 Å². The molecule has 0 bridgehead atoms. The maximum Gasteiger partial charge on any atom is 0.179 e. The van der Waals surface area contributed by atoms with Crippen LogP contribution in [0.2, 0.25) is 0 Å². The Morgan fingerprint density at radius 1 is 1.60 bits per heavy atom. The Morgan fingerprint density at radius 2 is 2.00 bits per heavy atom. The fraction of sp³-hybridized carbons (Fsp3) is 0.667. The summed E-state index contributed by atoms with van der Waals surface area (Å²) in [5, 5.41) is 11.1. The van der Waals surface area contributed by atoms with E-state index < -0.39 is 5.54 Å². The molecular formula is C6H12N2O2. The number of carbonyl (C=O) groups is 1. The highest BCUT2D eigenvalue weighted by molar-refractivity contribution is 6.41. The average molecular weight is 144 g/mol. The fourth-order valence-electron chi connectivity index (χ4n) is 0.653. The summed E-state index contributed by atoms with van der Waals surface area (Å²) in [6, 6.07) is 0. The van der Waals surface area contributed by atoms with Crippen molar-refractivity contribution in [2.24, 2.45) is 10.9 Å². The van der Waals surface area contributed by atoms with E-state index >= 15 is 0 Å². The second kappa shape index (κ2) is 2.79. The van der Waals surface area contributed by atoms with Crippen LogP contribution in [0.3, 0.4) is 0 Å². The highest BCUT2D eigenvalue weighted by Crippen LogP contribution is 2.01. The molecule has 0 saturated carbocycles. The number of Topliss-reactive ketones (excluding diaryl/α,β-unsaturated/α-hetero) is 1. The van der Waals surface area contributed by atoms with Gasteiger partial charge in [-0.3, -0.25) is 4.79 Å². The van der Waals surface area contributed by atoms with E-state index in [0.29, 0.717) is 0 Å². The summed E-state index contributed by atoms with van der Waals surface area (Å²) in [7, 11) is 0. The standard InChI is InChI=1S/C6H12N2O2/c1-4(9)5(8-10)6(2,3)7/h10H,7H2,1-3H3/b8-5+. The normalized spacial score (nSPS) is 13.4. The van der Waals surface area contributed by atoms with E-state index in [1.807, 2.05) is 0 Å². The van der Waals surface area contributed by atoms with E-state index in [0.717, 1.165) is 0 Å². The van der Waals surface area contributed by atoms with Gasteiger partial charge in [0.15, 0.2) is 5.78 Å². The van der Waals surface area contributed by atoms with Crippen molar-refractivity contribution < 1.29 is 10.0 Å². The lowest BCUT2D eigenvalue weighted by atomic mass is 9.97. The predicted molar refractivity (Wildman–Crippen MR) is 38.2 cm³/mol. The van der Waals surface area contributed by atoms with Crippen molar-refractivity contribution >= 4 is 11.5 Å². The molecule has 0 aromatic carbocycles. The molecule has 0 aliphatic heterocycles. The Labute approximate surface area is 59.7 Å². The molecule has 4 heteroatoms. The lowest BCUT2D eigenvalue weighted by Crippen LogP contribution is -2.45. The molecule has 3 N–H and O–H groups in total. The van der Waals surface area contributed by atoms with Crippen LogP contribution in [0.15, 0.2) is 5.16 Å². The van der Waals surface area contributed by atoms with Crippen molar-refractivity contribution in [2.45, 2.75) is 26.3 Å². The second-order valence-corrected chi connectivity index (χ2v) is 2.73. The first-order valence-electron chi connectivity index (χ1n) is 2.92. The third-order valence-corrected chi connectivity index (χ3v) is 1.04. The number of hydrogen-bond donors (Lipinski definition) is 2. The monoisotopic (exact) mass is 144 g/mol. The van der Waals surface area contributed by atoms with Gasteiger partial charge < -0.3 is 10.9 Å². The van der Waals surface area contributed by atoms with Crippen LogP contribution < -0.4 is 5.73 Å². The summed E-state index contributed by atoms with van der Waals surface area (Å²) < 4.78 is 0.